The van der Waals surface area contributed by atoms with Gasteiger partial charge in [-0.1, -0.05) is 47.8 Å². The van der Waals surface area contributed by atoms with Crippen molar-refractivity contribution >= 4 is 15.9 Å². The lowest BCUT2D eigenvalue weighted by molar-refractivity contribution is 0.467. The number of rotatable bonds is 2. The van der Waals surface area contributed by atoms with Crippen LogP contribution in [0.4, 0.5) is 0 Å². The zero-order valence-electron chi connectivity index (χ0n) is 9.59. The SMILES string of the molecule is CCC1CCCC1c1c(C)cccc1Br. The topological polar surface area (TPSA) is 0 Å². The van der Waals surface area contributed by atoms with Crippen LogP contribution in [0.1, 0.15) is 49.7 Å². The summed E-state index contributed by atoms with van der Waals surface area (Å²) in [4.78, 5) is 0. The first-order valence-corrected chi connectivity index (χ1v) is 6.78. The first-order chi connectivity index (χ1) is 7.24. The summed E-state index contributed by atoms with van der Waals surface area (Å²) in [6.07, 6.45) is 5.53. The fourth-order valence-electron chi connectivity index (χ4n) is 3.02. The maximum Gasteiger partial charge on any atom is 0.0212 e. The highest BCUT2D eigenvalue weighted by Crippen LogP contribution is 2.44. The first-order valence-electron chi connectivity index (χ1n) is 5.99. The zero-order valence-corrected chi connectivity index (χ0v) is 11.2. The molecule has 1 aromatic carbocycles. The maximum atomic E-state index is 3.71. The molecule has 0 spiro atoms. The molecule has 0 aliphatic heterocycles. The Balaban J connectivity index is 2.36. The van der Waals surface area contributed by atoms with Crippen LogP contribution in [0.5, 0.6) is 0 Å². The molecule has 2 rings (SSSR count). The van der Waals surface area contributed by atoms with Crippen LogP contribution < -0.4 is 0 Å². The van der Waals surface area contributed by atoms with Gasteiger partial charge >= 0.3 is 0 Å². The largest absolute Gasteiger partial charge is 0.0651 e. The van der Waals surface area contributed by atoms with E-state index in [-0.39, 0.29) is 0 Å². The lowest BCUT2D eigenvalue weighted by Crippen LogP contribution is -2.07. The van der Waals surface area contributed by atoms with Crippen LogP contribution >= 0.6 is 15.9 Å². The van der Waals surface area contributed by atoms with Gasteiger partial charge in [-0.05, 0) is 48.8 Å². The number of aryl methyl sites for hydroxylation is 1. The van der Waals surface area contributed by atoms with Gasteiger partial charge in [0.1, 0.15) is 0 Å². The molecule has 1 aliphatic carbocycles. The van der Waals surface area contributed by atoms with Gasteiger partial charge in [-0.25, -0.2) is 0 Å². The van der Waals surface area contributed by atoms with Gasteiger partial charge in [0.2, 0.25) is 0 Å². The van der Waals surface area contributed by atoms with E-state index in [4.69, 9.17) is 0 Å². The third-order valence-electron chi connectivity index (χ3n) is 3.83. The van der Waals surface area contributed by atoms with E-state index >= 15 is 0 Å². The van der Waals surface area contributed by atoms with Crippen molar-refractivity contribution in [2.75, 3.05) is 0 Å². The molecular weight excluding hydrogens is 248 g/mol. The molecule has 0 nitrogen and oxygen atoms in total. The lowest BCUT2D eigenvalue weighted by atomic mass is 9.85. The summed E-state index contributed by atoms with van der Waals surface area (Å²) >= 11 is 3.71. The Hall–Kier alpha value is -0.300. The van der Waals surface area contributed by atoms with Crippen LogP contribution in [-0.4, -0.2) is 0 Å². The van der Waals surface area contributed by atoms with E-state index in [1.54, 1.807) is 5.56 Å². The molecule has 82 valence electrons. The van der Waals surface area contributed by atoms with Crippen LogP contribution in [0.2, 0.25) is 0 Å². The molecule has 0 bridgehead atoms. The number of hydrogen-bond donors (Lipinski definition) is 0. The van der Waals surface area contributed by atoms with E-state index in [0.717, 1.165) is 11.8 Å². The lowest BCUT2D eigenvalue weighted by Gasteiger charge is -2.21. The van der Waals surface area contributed by atoms with Gasteiger partial charge in [0.25, 0.3) is 0 Å². The third kappa shape index (κ3) is 2.13. The van der Waals surface area contributed by atoms with E-state index in [2.05, 4.69) is 48.0 Å². The molecule has 0 N–H and O–H groups in total. The van der Waals surface area contributed by atoms with Gasteiger partial charge in [-0.2, -0.15) is 0 Å². The summed E-state index contributed by atoms with van der Waals surface area (Å²) < 4.78 is 1.31. The molecule has 0 saturated heterocycles. The summed E-state index contributed by atoms with van der Waals surface area (Å²) in [5, 5.41) is 0. The predicted octanol–water partition coefficient (Wildman–Crippen LogP) is 5.05. The van der Waals surface area contributed by atoms with E-state index in [1.165, 1.54) is 35.7 Å². The van der Waals surface area contributed by atoms with E-state index in [1.807, 2.05) is 0 Å². The van der Waals surface area contributed by atoms with E-state index in [0.29, 0.717) is 0 Å². The average molecular weight is 267 g/mol. The van der Waals surface area contributed by atoms with Crippen molar-refractivity contribution in [3.63, 3.8) is 0 Å². The van der Waals surface area contributed by atoms with Crippen molar-refractivity contribution in [3.05, 3.63) is 33.8 Å². The molecule has 1 aromatic rings. The summed E-state index contributed by atoms with van der Waals surface area (Å²) in [6, 6.07) is 6.57. The van der Waals surface area contributed by atoms with E-state index in [9.17, 15) is 0 Å². The normalized spacial score (nSPS) is 25.8. The molecule has 2 unspecified atom stereocenters. The summed E-state index contributed by atoms with van der Waals surface area (Å²) in [7, 11) is 0. The average Bonchev–Trinajstić information content (AvgIpc) is 2.65. The minimum absolute atomic E-state index is 0.797. The van der Waals surface area contributed by atoms with Gasteiger partial charge in [-0.15, -0.1) is 0 Å². The van der Waals surface area contributed by atoms with Crippen molar-refractivity contribution in [1.82, 2.24) is 0 Å². The number of hydrogen-bond acceptors (Lipinski definition) is 0. The smallest absolute Gasteiger partial charge is 0.0212 e. The van der Waals surface area contributed by atoms with E-state index < -0.39 is 0 Å². The summed E-state index contributed by atoms with van der Waals surface area (Å²) in [5.74, 6) is 1.70. The Labute approximate surface area is 101 Å². The van der Waals surface area contributed by atoms with Gasteiger partial charge in [0.05, 0.1) is 0 Å². The van der Waals surface area contributed by atoms with Crippen molar-refractivity contribution in [2.45, 2.75) is 45.4 Å². The Morgan fingerprint density at radius 1 is 1.33 bits per heavy atom. The molecule has 1 aliphatic rings. The van der Waals surface area contributed by atoms with Crippen molar-refractivity contribution < 1.29 is 0 Å². The molecular formula is C14H19Br. The summed E-state index contributed by atoms with van der Waals surface area (Å²) in [5.41, 5.74) is 3.02. The second-order valence-corrected chi connectivity index (χ2v) is 5.53. The van der Waals surface area contributed by atoms with Gasteiger partial charge < -0.3 is 0 Å². The van der Waals surface area contributed by atoms with Gasteiger partial charge in [-0.3, -0.25) is 0 Å². The minimum Gasteiger partial charge on any atom is -0.0651 e. The first kappa shape index (κ1) is 11.2. The molecule has 0 radical (unpaired) electrons. The number of halogens is 1. The molecule has 15 heavy (non-hydrogen) atoms. The van der Waals surface area contributed by atoms with Crippen molar-refractivity contribution in [1.29, 1.82) is 0 Å². The molecule has 1 heteroatoms. The monoisotopic (exact) mass is 266 g/mol. The van der Waals surface area contributed by atoms with Crippen LogP contribution in [0.25, 0.3) is 0 Å². The van der Waals surface area contributed by atoms with Gasteiger partial charge in [0.15, 0.2) is 0 Å². The molecule has 0 heterocycles. The summed E-state index contributed by atoms with van der Waals surface area (Å²) in [6.45, 7) is 4.57. The minimum atomic E-state index is 0.797. The Bertz CT molecular complexity index is 323. The zero-order chi connectivity index (χ0) is 10.8. The highest BCUT2D eigenvalue weighted by molar-refractivity contribution is 9.10. The fraction of sp³-hybridized carbons (Fsp3) is 0.571. The highest BCUT2D eigenvalue weighted by atomic mass is 79.9. The molecule has 1 fully saturated rings. The quantitative estimate of drug-likeness (QED) is 0.703. The van der Waals surface area contributed by atoms with Crippen LogP contribution in [0, 0.1) is 12.8 Å². The van der Waals surface area contributed by atoms with Crippen LogP contribution in [0.3, 0.4) is 0 Å². The van der Waals surface area contributed by atoms with Crippen LogP contribution in [-0.2, 0) is 0 Å². The van der Waals surface area contributed by atoms with Crippen molar-refractivity contribution in [2.24, 2.45) is 5.92 Å². The molecule has 0 amide bonds. The highest BCUT2D eigenvalue weighted by Gasteiger charge is 2.29. The fourth-order valence-corrected chi connectivity index (χ4v) is 3.78. The second-order valence-electron chi connectivity index (χ2n) is 4.68. The Morgan fingerprint density at radius 3 is 2.80 bits per heavy atom. The maximum absolute atomic E-state index is 3.71. The Morgan fingerprint density at radius 2 is 2.13 bits per heavy atom. The Kier molecular flexibility index (Phi) is 3.50. The third-order valence-corrected chi connectivity index (χ3v) is 4.52. The van der Waals surface area contributed by atoms with Crippen molar-refractivity contribution in [3.8, 4) is 0 Å². The molecule has 2 atom stereocenters. The van der Waals surface area contributed by atoms with Crippen LogP contribution in [0.15, 0.2) is 22.7 Å². The van der Waals surface area contributed by atoms with Gasteiger partial charge in [0, 0.05) is 4.47 Å². The number of benzene rings is 1. The molecule has 1 saturated carbocycles. The second kappa shape index (κ2) is 4.69. The standard InChI is InChI=1S/C14H19Br/c1-3-11-7-5-8-12(11)14-10(2)6-4-9-13(14)15/h4,6,9,11-12H,3,5,7-8H2,1-2H3. The predicted molar refractivity (Wildman–Crippen MR) is 69.3 cm³/mol. The molecule has 0 aromatic heterocycles.